The molecule has 1 saturated carbocycles. The molecule has 116 valence electrons. The highest BCUT2D eigenvalue weighted by atomic mass is 32.2. The summed E-state index contributed by atoms with van der Waals surface area (Å²) in [6.07, 6.45) is 11.5. The van der Waals surface area contributed by atoms with Crippen LogP contribution in [-0.4, -0.2) is 44.2 Å². The fourth-order valence-corrected chi connectivity index (χ4v) is 5.45. The second kappa shape index (κ2) is 5.93. The molecule has 2 heterocycles. The highest BCUT2D eigenvalue weighted by molar-refractivity contribution is 7.88. The van der Waals surface area contributed by atoms with E-state index < -0.39 is 10.0 Å². The van der Waals surface area contributed by atoms with Crippen molar-refractivity contribution >= 4 is 10.0 Å². The molecule has 3 aliphatic rings. The van der Waals surface area contributed by atoms with Gasteiger partial charge < -0.3 is 5.32 Å². The molecule has 2 saturated heterocycles. The van der Waals surface area contributed by atoms with E-state index in [4.69, 9.17) is 0 Å². The van der Waals surface area contributed by atoms with Crippen molar-refractivity contribution in [3.8, 4) is 0 Å². The summed E-state index contributed by atoms with van der Waals surface area (Å²) in [4.78, 5) is 0. The van der Waals surface area contributed by atoms with Gasteiger partial charge in [-0.15, -0.1) is 0 Å². The lowest BCUT2D eigenvalue weighted by atomic mass is 9.84. The van der Waals surface area contributed by atoms with E-state index in [0.29, 0.717) is 12.0 Å². The molecule has 1 aliphatic carbocycles. The molecular weight excluding hydrogens is 272 g/mol. The van der Waals surface area contributed by atoms with Crippen LogP contribution in [0.2, 0.25) is 0 Å². The van der Waals surface area contributed by atoms with Gasteiger partial charge in [-0.1, -0.05) is 6.42 Å². The fourth-order valence-electron chi connectivity index (χ4n) is 4.51. The standard InChI is InChI=1S/C15H28N2O2S/c1-20(18,19)17-9-3-4-12(11-17)10-14-8-7-13-5-2-6-15(13)16-14/h12-16H,2-11H2,1H3. The first-order valence-electron chi connectivity index (χ1n) is 8.23. The van der Waals surface area contributed by atoms with Crippen LogP contribution in [0.1, 0.15) is 51.4 Å². The van der Waals surface area contributed by atoms with E-state index in [2.05, 4.69) is 5.32 Å². The summed E-state index contributed by atoms with van der Waals surface area (Å²) in [5, 5.41) is 3.85. The number of nitrogens with zero attached hydrogens (tertiary/aromatic N) is 1. The average molecular weight is 300 g/mol. The Kier molecular flexibility index (Phi) is 4.39. The van der Waals surface area contributed by atoms with Crippen molar-refractivity contribution in [3.05, 3.63) is 0 Å². The minimum absolute atomic E-state index is 0.550. The summed E-state index contributed by atoms with van der Waals surface area (Å²) in [6, 6.07) is 1.38. The molecule has 20 heavy (non-hydrogen) atoms. The van der Waals surface area contributed by atoms with Gasteiger partial charge in [0.05, 0.1) is 6.26 Å². The molecular formula is C15H28N2O2S. The van der Waals surface area contributed by atoms with Gasteiger partial charge in [0.15, 0.2) is 0 Å². The van der Waals surface area contributed by atoms with E-state index in [-0.39, 0.29) is 0 Å². The molecule has 5 heteroatoms. The molecule has 0 aromatic carbocycles. The van der Waals surface area contributed by atoms with Gasteiger partial charge in [0, 0.05) is 25.2 Å². The highest BCUT2D eigenvalue weighted by Crippen LogP contribution is 2.35. The number of sulfonamides is 1. The summed E-state index contributed by atoms with van der Waals surface area (Å²) < 4.78 is 25.1. The van der Waals surface area contributed by atoms with Gasteiger partial charge in [0.1, 0.15) is 0 Å². The molecule has 0 radical (unpaired) electrons. The van der Waals surface area contributed by atoms with Crippen molar-refractivity contribution in [2.75, 3.05) is 19.3 Å². The maximum atomic E-state index is 11.7. The highest BCUT2D eigenvalue weighted by Gasteiger charge is 2.35. The first kappa shape index (κ1) is 14.8. The van der Waals surface area contributed by atoms with E-state index in [1.54, 1.807) is 4.31 Å². The number of piperidine rings is 2. The number of rotatable bonds is 3. The largest absolute Gasteiger partial charge is 0.311 e. The molecule has 1 N–H and O–H groups in total. The summed E-state index contributed by atoms with van der Waals surface area (Å²) in [5.74, 6) is 1.47. The Labute approximate surface area is 123 Å². The molecule has 3 rings (SSSR count). The van der Waals surface area contributed by atoms with Gasteiger partial charge >= 0.3 is 0 Å². The predicted octanol–water partition coefficient (Wildman–Crippen LogP) is 1.97. The maximum Gasteiger partial charge on any atom is 0.211 e. The molecule has 4 unspecified atom stereocenters. The van der Waals surface area contributed by atoms with Crippen LogP contribution in [0, 0.1) is 11.8 Å². The summed E-state index contributed by atoms with van der Waals surface area (Å²) in [5.41, 5.74) is 0. The third kappa shape index (κ3) is 3.37. The van der Waals surface area contributed by atoms with Crippen molar-refractivity contribution in [3.63, 3.8) is 0 Å². The maximum absolute atomic E-state index is 11.7. The van der Waals surface area contributed by atoms with Gasteiger partial charge in [0.2, 0.25) is 10.0 Å². The van der Waals surface area contributed by atoms with Crippen LogP contribution in [0.4, 0.5) is 0 Å². The number of fused-ring (bicyclic) bond motifs is 1. The average Bonchev–Trinajstić information content (AvgIpc) is 2.85. The Bertz CT molecular complexity index is 437. The zero-order chi connectivity index (χ0) is 14.2. The summed E-state index contributed by atoms with van der Waals surface area (Å²) >= 11 is 0. The van der Waals surface area contributed by atoms with Crippen molar-refractivity contribution in [1.29, 1.82) is 0 Å². The van der Waals surface area contributed by atoms with Gasteiger partial charge in [-0.3, -0.25) is 0 Å². The molecule has 3 fully saturated rings. The molecule has 4 nitrogen and oxygen atoms in total. The normalized spacial score (nSPS) is 39.6. The predicted molar refractivity (Wildman–Crippen MR) is 81.0 cm³/mol. The zero-order valence-corrected chi connectivity index (χ0v) is 13.4. The Morgan fingerprint density at radius 3 is 2.75 bits per heavy atom. The number of hydrogen-bond donors (Lipinski definition) is 1. The smallest absolute Gasteiger partial charge is 0.211 e. The van der Waals surface area contributed by atoms with Crippen molar-refractivity contribution in [1.82, 2.24) is 9.62 Å². The summed E-state index contributed by atoms with van der Waals surface area (Å²) in [7, 11) is -3.00. The van der Waals surface area contributed by atoms with Crippen molar-refractivity contribution in [2.24, 2.45) is 11.8 Å². The molecule has 0 aromatic rings. The van der Waals surface area contributed by atoms with E-state index in [1.807, 2.05) is 0 Å². The minimum atomic E-state index is -3.00. The Hall–Kier alpha value is -0.130. The molecule has 0 aromatic heterocycles. The van der Waals surface area contributed by atoms with Crippen LogP contribution in [0.25, 0.3) is 0 Å². The van der Waals surface area contributed by atoms with Crippen molar-refractivity contribution in [2.45, 2.75) is 63.5 Å². The lowest BCUT2D eigenvalue weighted by Crippen LogP contribution is -2.47. The van der Waals surface area contributed by atoms with E-state index >= 15 is 0 Å². The van der Waals surface area contributed by atoms with Gasteiger partial charge in [-0.2, -0.15) is 0 Å². The van der Waals surface area contributed by atoms with Gasteiger partial charge in [-0.05, 0) is 56.8 Å². The fraction of sp³-hybridized carbons (Fsp3) is 1.00. The Balaban J connectivity index is 1.52. The van der Waals surface area contributed by atoms with Crippen LogP contribution < -0.4 is 5.32 Å². The molecule has 0 bridgehead atoms. The quantitative estimate of drug-likeness (QED) is 0.867. The van der Waals surface area contributed by atoms with Crippen LogP contribution in [-0.2, 0) is 10.0 Å². The molecule has 0 spiro atoms. The van der Waals surface area contributed by atoms with E-state index in [0.717, 1.165) is 37.9 Å². The van der Waals surface area contributed by atoms with Crippen LogP contribution in [0.3, 0.4) is 0 Å². The Morgan fingerprint density at radius 1 is 1.10 bits per heavy atom. The summed E-state index contributed by atoms with van der Waals surface area (Å²) in [6.45, 7) is 1.46. The molecule has 0 amide bonds. The van der Waals surface area contributed by atoms with Crippen LogP contribution in [0.15, 0.2) is 0 Å². The zero-order valence-electron chi connectivity index (χ0n) is 12.6. The second-order valence-electron chi connectivity index (χ2n) is 7.10. The third-order valence-corrected chi connectivity index (χ3v) is 6.83. The van der Waals surface area contributed by atoms with Gasteiger partial charge in [-0.25, -0.2) is 12.7 Å². The molecule has 2 aliphatic heterocycles. The minimum Gasteiger partial charge on any atom is -0.311 e. The van der Waals surface area contributed by atoms with E-state index in [9.17, 15) is 8.42 Å². The first-order valence-corrected chi connectivity index (χ1v) is 10.1. The van der Waals surface area contributed by atoms with E-state index in [1.165, 1.54) is 44.8 Å². The topological polar surface area (TPSA) is 49.4 Å². The number of nitrogens with one attached hydrogen (secondary N) is 1. The lowest BCUT2D eigenvalue weighted by molar-refractivity contribution is 0.193. The lowest BCUT2D eigenvalue weighted by Gasteiger charge is -2.38. The van der Waals surface area contributed by atoms with Gasteiger partial charge in [0.25, 0.3) is 0 Å². The van der Waals surface area contributed by atoms with Crippen LogP contribution >= 0.6 is 0 Å². The number of hydrogen-bond acceptors (Lipinski definition) is 3. The van der Waals surface area contributed by atoms with Crippen molar-refractivity contribution < 1.29 is 8.42 Å². The second-order valence-corrected chi connectivity index (χ2v) is 9.09. The SMILES string of the molecule is CS(=O)(=O)N1CCCC(CC2CCC3CCCC3N2)C1. The Morgan fingerprint density at radius 2 is 1.95 bits per heavy atom. The third-order valence-electron chi connectivity index (χ3n) is 5.56. The monoisotopic (exact) mass is 300 g/mol. The van der Waals surface area contributed by atoms with Crippen LogP contribution in [0.5, 0.6) is 0 Å². The molecule has 4 atom stereocenters. The first-order chi connectivity index (χ1) is 9.52.